The van der Waals surface area contributed by atoms with Gasteiger partial charge in [-0.15, -0.1) is 0 Å². The molecule has 2 rings (SSSR count). The Hall–Kier alpha value is -1.58. The number of methoxy groups -OCH3 is 1. The molecule has 4 heteroatoms. The first kappa shape index (κ1) is 14.8. The second-order valence-corrected chi connectivity index (χ2v) is 4.92. The molecule has 0 saturated heterocycles. The molecule has 2 aromatic rings. The number of nitrogens with one attached hydrogen (secondary N) is 1. The summed E-state index contributed by atoms with van der Waals surface area (Å²) in [5.74, 6) is 0.592. The highest BCUT2D eigenvalue weighted by Gasteiger charge is 2.02. The first-order valence-corrected chi connectivity index (χ1v) is 6.84. The van der Waals surface area contributed by atoms with Crippen molar-refractivity contribution in [2.75, 3.05) is 13.7 Å². The van der Waals surface area contributed by atoms with E-state index in [4.69, 9.17) is 16.3 Å². The summed E-state index contributed by atoms with van der Waals surface area (Å²) in [5.41, 5.74) is 1.97. The number of benzene rings is 2. The fourth-order valence-electron chi connectivity index (χ4n) is 1.96. The van der Waals surface area contributed by atoms with E-state index >= 15 is 0 Å². The first-order chi connectivity index (χ1) is 9.69. The fourth-order valence-corrected chi connectivity index (χ4v) is 2.15. The molecule has 0 heterocycles. The Morgan fingerprint density at radius 1 is 1.20 bits per heavy atom. The van der Waals surface area contributed by atoms with Gasteiger partial charge in [-0.1, -0.05) is 23.7 Å². The van der Waals surface area contributed by atoms with Crippen molar-refractivity contribution in [1.82, 2.24) is 5.32 Å². The normalized spacial score (nSPS) is 10.6. The van der Waals surface area contributed by atoms with Gasteiger partial charge in [0.2, 0.25) is 0 Å². The van der Waals surface area contributed by atoms with E-state index in [-0.39, 0.29) is 5.82 Å². The van der Waals surface area contributed by atoms with Crippen molar-refractivity contribution in [2.45, 2.75) is 13.0 Å². The molecule has 1 N–H and O–H groups in total. The van der Waals surface area contributed by atoms with Crippen LogP contribution in [0.2, 0.25) is 5.02 Å². The average molecular weight is 294 g/mol. The second-order valence-electron chi connectivity index (χ2n) is 4.51. The number of hydrogen-bond acceptors (Lipinski definition) is 2. The lowest BCUT2D eigenvalue weighted by Crippen LogP contribution is -2.17. The fraction of sp³-hybridized carbons (Fsp3) is 0.250. The van der Waals surface area contributed by atoms with Crippen molar-refractivity contribution in [3.8, 4) is 5.75 Å². The zero-order chi connectivity index (χ0) is 14.4. The van der Waals surface area contributed by atoms with Gasteiger partial charge >= 0.3 is 0 Å². The van der Waals surface area contributed by atoms with E-state index in [1.807, 2.05) is 18.2 Å². The molecule has 0 spiro atoms. The molecule has 0 bridgehead atoms. The van der Waals surface area contributed by atoms with Crippen molar-refractivity contribution in [3.63, 3.8) is 0 Å². The molecule has 0 aliphatic carbocycles. The van der Waals surface area contributed by atoms with Gasteiger partial charge in [0.05, 0.1) is 7.11 Å². The smallest absolute Gasteiger partial charge is 0.123 e. The zero-order valence-corrected chi connectivity index (χ0v) is 12.1. The third-order valence-electron chi connectivity index (χ3n) is 3.05. The Balaban J connectivity index is 1.82. The van der Waals surface area contributed by atoms with E-state index in [0.717, 1.165) is 24.3 Å². The van der Waals surface area contributed by atoms with Crippen LogP contribution in [0.5, 0.6) is 5.75 Å². The highest BCUT2D eigenvalue weighted by Crippen LogP contribution is 2.17. The molecule has 0 radical (unpaired) electrons. The maximum atomic E-state index is 13.1. The number of halogens is 2. The third kappa shape index (κ3) is 4.22. The molecule has 0 aromatic heterocycles. The maximum Gasteiger partial charge on any atom is 0.123 e. The van der Waals surface area contributed by atoms with Crippen LogP contribution in [-0.4, -0.2) is 13.7 Å². The summed E-state index contributed by atoms with van der Waals surface area (Å²) in [6.07, 6.45) is 0.879. The summed E-state index contributed by atoms with van der Waals surface area (Å²) in [7, 11) is 1.66. The van der Waals surface area contributed by atoms with Gasteiger partial charge in [0.15, 0.2) is 0 Å². The second kappa shape index (κ2) is 7.27. The van der Waals surface area contributed by atoms with E-state index in [1.54, 1.807) is 13.2 Å². The summed E-state index contributed by atoms with van der Waals surface area (Å²) in [6.45, 7) is 1.35. The van der Waals surface area contributed by atoms with Crippen LogP contribution in [-0.2, 0) is 13.0 Å². The Kier molecular flexibility index (Phi) is 5.39. The largest absolute Gasteiger partial charge is 0.497 e. The Labute approximate surface area is 123 Å². The van der Waals surface area contributed by atoms with Crippen LogP contribution in [0.4, 0.5) is 4.39 Å². The van der Waals surface area contributed by atoms with Crippen LogP contribution in [0.1, 0.15) is 11.1 Å². The SMILES string of the molecule is COc1cccc(CCNCc2cc(F)ccc2Cl)c1. The van der Waals surface area contributed by atoms with Gasteiger partial charge in [0.1, 0.15) is 11.6 Å². The molecular weight excluding hydrogens is 277 g/mol. The summed E-state index contributed by atoms with van der Waals surface area (Å²) in [6, 6.07) is 12.4. The summed E-state index contributed by atoms with van der Waals surface area (Å²) in [5, 5.41) is 3.85. The van der Waals surface area contributed by atoms with Gasteiger partial charge in [-0.05, 0) is 54.4 Å². The third-order valence-corrected chi connectivity index (χ3v) is 3.42. The van der Waals surface area contributed by atoms with Crippen molar-refractivity contribution in [3.05, 3.63) is 64.4 Å². The van der Waals surface area contributed by atoms with E-state index in [1.165, 1.54) is 17.7 Å². The Morgan fingerprint density at radius 3 is 2.85 bits per heavy atom. The quantitative estimate of drug-likeness (QED) is 0.818. The molecule has 0 saturated carbocycles. The molecule has 20 heavy (non-hydrogen) atoms. The molecule has 0 atom stereocenters. The number of rotatable bonds is 6. The molecule has 2 aromatic carbocycles. The number of ether oxygens (including phenoxy) is 1. The van der Waals surface area contributed by atoms with E-state index in [0.29, 0.717) is 11.6 Å². The minimum Gasteiger partial charge on any atom is -0.497 e. The Bertz CT molecular complexity index is 574. The summed E-state index contributed by atoms with van der Waals surface area (Å²) in [4.78, 5) is 0. The van der Waals surface area contributed by atoms with Crippen LogP contribution in [0.3, 0.4) is 0 Å². The van der Waals surface area contributed by atoms with Crippen molar-refractivity contribution in [1.29, 1.82) is 0 Å². The van der Waals surface area contributed by atoms with Crippen molar-refractivity contribution in [2.24, 2.45) is 0 Å². The van der Waals surface area contributed by atoms with Crippen LogP contribution in [0.25, 0.3) is 0 Å². The summed E-state index contributed by atoms with van der Waals surface area (Å²) < 4.78 is 18.3. The molecular formula is C16H17ClFNO. The molecule has 2 nitrogen and oxygen atoms in total. The van der Waals surface area contributed by atoms with E-state index in [2.05, 4.69) is 11.4 Å². The summed E-state index contributed by atoms with van der Waals surface area (Å²) >= 11 is 6.01. The molecule has 0 amide bonds. The van der Waals surface area contributed by atoms with Gasteiger partial charge < -0.3 is 10.1 Å². The average Bonchev–Trinajstić information content (AvgIpc) is 2.47. The van der Waals surface area contributed by atoms with Crippen molar-refractivity contribution < 1.29 is 9.13 Å². The Morgan fingerprint density at radius 2 is 2.05 bits per heavy atom. The lowest BCUT2D eigenvalue weighted by atomic mass is 10.1. The van der Waals surface area contributed by atoms with Gasteiger partial charge in [-0.25, -0.2) is 4.39 Å². The highest BCUT2D eigenvalue weighted by molar-refractivity contribution is 6.31. The predicted molar refractivity (Wildman–Crippen MR) is 79.8 cm³/mol. The van der Waals surface area contributed by atoms with Crippen LogP contribution in [0.15, 0.2) is 42.5 Å². The van der Waals surface area contributed by atoms with Crippen LogP contribution in [0, 0.1) is 5.82 Å². The minimum absolute atomic E-state index is 0.265. The maximum absolute atomic E-state index is 13.1. The van der Waals surface area contributed by atoms with Gasteiger partial charge in [0, 0.05) is 11.6 Å². The van der Waals surface area contributed by atoms with Gasteiger partial charge in [-0.2, -0.15) is 0 Å². The van der Waals surface area contributed by atoms with Crippen LogP contribution >= 0.6 is 11.6 Å². The standard InChI is InChI=1S/C16H17ClFNO/c1-20-15-4-2-3-12(9-15)7-8-19-11-13-10-14(18)5-6-16(13)17/h2-6,9-10,19H,7-8,11H2,1H3. The topological polar surface area (TPSA) is 21.3 Å². The zero-order valence-electron chi connectivity index (χ0n) is 11.3. The molecule has 0 aliphatic heterocycles. The monoisotopic (exact) mass is 293 g/mol. The lowest BCUT2D eigenvalue weighted by molar-refractivity contribution is 0.414. The van der Waals surface area contributed by atoms with E-state index in [9.17, 15) is 4.39 Å². The van der Waals surface area contributed by atoms with Crippen molar-refractivity contribution >= 4 is 11.6 Å². The minimum atomic E-state index is -0.265. The molecule has 0 unspecified atom stereocenters. The van der Waals surface area contributed by atoms with Crippen LogP contribution < -0.4 is 10.1 Å². The predicted octanol–water partition coefficient (Wildman–Crippen LogP) is 3.82. The highest BCUT2D eigenvalue weighted by atomic mass is 35.5. The molecule has 0 aliphatic rings. The molecule has 106 valence electrons. The van der Waals surface area contributed by atoms with Gasteiger partial charge in [0.25, 0.3) is 0 Å². The van der Waals surface area contributed by atoms with Gasteiger partial charge in [-0.3, -0.25) is 0 Å². The first-order valence-electron chi connectivity index (χ1n) is 6.46. The molecule has 0 fully saturated rings. The number of hydrogen-bond donors (Lipinski definition) is 1. The van der Waals surface area contributed by atoms with E-state index < -0.39 is 0 Å². The lowest BCUT2D eigenvalue weighted by Gasteiger charge is -2.08.